The van der Waals surface area contributed by atoms with Crippen LogP contribution in [0.25, 0.3) is 0 Å². The van der Waals surface area contributed by atoms with Crippen molar-refractivity contribution < 1.29 is 14.1 Å². The van der Waals surface area contributed by atoms with E-state index in [2.05, 4.69) is 4.40 Å². The van der Waals surface area contributed by atoms with Crippen molar-refractivity contribution in [3.8, 4) is 0 Å². The molecule has 1 rings (SSSR count). The van der Waals surface area contributed by atoms with Crippen LogP contribution in [0.15, 0.2) is 4.40 Å². The topological polar surface area (TPSA) is 65.0 Å². The minimum Gasteiger partial charge on any atom is -0.591 e. The van der Waals surface area contributed by atoms with Crippen molar-refractivity contribution in [3.05, 3.63) is 0 Å². The first-order valence-electron chi connectivity index (χ1n) is 6.96. The van der Waals surface area contributed by atoms with Gasteiger partial charge < -0.3 is 14.2 Å². The van der Waals surface area contributed by atoms with Gasteiger partial charge in [-0.05, 0) is 54.4 Å². The molecule has 116 valence electrons. The van der Waals surface area contributed by atoms with Crippen molar-refractivity contribution in [2.45, 2.75) is 70.8 Å². The Morgan fingerprint density at radius 1 is 1.35 bits per heavy atom. The standard InChI is InChI=1S/C14H26N2O3S/c1-13(2,3)19-12(17)16-9-7-8-11(16)10-15-20(18)14(4,5)6/h10-11H,7-9H2,1-6H3/t11-,20-/m0/s1. The van der Waals surface area contributed by atoms with Gasteiger partial charge in [-0.3, -0.25) is 0 Å². The van der Waals surface area contributed by atoms with E-state index in [-0.39, 0.29) is 16.9 Å². The van der Waals surface area contributed by atoms with E-state index in [1.165, 1.54) is 0 Å². The minimum absolute atomic E-state index is 0.115. The summed E-state index contributed by atoms with van der Waals surface area (Å²) in [5.41, 5.74) is -0.504. The number of ether oxygens (including phenoxy) is 1. The molecule has 20 heavy (non-hydrogen) atoms. The van der Waals surface area contributed by atoms with Crippen LogP contribution in [0.4, 0.5) is 4.79 Å². The summed E-state index contributed by atoms with van der Waals surface area (Å²) < 4.78 is 21.0. The molecule has 1 aliphatic heterocycles. The average Bonchev–Trinajstić information content (AvgIpc) is 2.70. The average molecular weight is 302 g/mol. The van der Waals surface area contributed by atoms with E-state index in [4.69, 9.17) is 4.74 Å². The quantitative estimate of drug-likeness (QED) is 0.582. The fourth-order valence-corrected chi connectivity index (χ4v) is 2.35. The van der Waals surface area contributed by atoms with Crippen LogP contribution >= 0.6 is 0 Å². The van der Waals surface area contributed by atoms with Gasteiger partial charge in [-0.1, -0.05) is 4.40 Å². The molecule has 1 fully saturated rings. The molecule has 1 amide bonds. The van der Waals surface area contributed by atoms with Crippen molar-refractivity contribution in [2.24, 2.45) is 4.40 Å². The summed E-state index contributed by atoms with van der Waals surface area (Å²) in [5, 5.41) is 0. The molecular formula is C14H26N2O3S. The molecule has 0 radical (unpaired) electrons. The Balaban J connectivity index is 2.66. The van der Waals surface area contributed by atoms with Gasteiger partial charge in [0.1, 0.15) is 21.7 Å². The Labute approximate surface area is 125 Å². The van der Waals surface area contributed by atoms with Crippen LogP contribution in [0.1, 0.15) is 54.4 Å². The minimum atomic E-state index is -1.29. The second-order valence-corrected chi connectivity index (χ2v) is 8.93. The van der Waals surface area contributed by atoms with Gasteiger partial charge in [-0.2, -0.15) is 0 Å². The molecule has 0 unspecified atom stereocenters. The summed E-state index contributed by atoms with van der Waals surface area (Å²) in [6.07, 6.45) is 3.06. The summed E-state index contributed by atoms with van der Waals surface area (Å²) in [6.45, 7) is 11.8. The van der Waals surface area contributed by atoms with E-state index < -0.39 is 17.0 Å². The molecule has 0 saturated carbocycles. The summed E-state index contributed by atoms with van der Waals surface area (Å²) in [4.78, 5) is 13.7. The lowest BCUT2D eigenvalue weighted by Gasteiger charge is -2.27. The molecule has 1 aliphatic rings. The highest BCUT2D eigenvalue weighted by Gasteiger charge is 2.33. The molecule has 0 N–H and O–H groups in total. The number of hydrogen-bond donors (Lipinski definition) is 0. The zero-order chi connectivity index (χ0) is 15.6. The number of rotatable bonds is 2. The highest BCUT2D eigenvalue weighted by atomic mass is 32.2. The van der Waals surface area contributed by atoms with Crippen molar-refractivity contribution in [2.75, 3.05) is 6.54 Å². The number of nitrogens with zero attached hydrogens (tertiary/aromatic N) is 2. The lowest BCUT2D eigenvalue weighted by molar-refractivity contribution is 0.0268. The Hall–Kier alpha value is -0.750. The molecule has 0 aromatic heterocycles. The third kappa shape index (κ3) is 5.32. The second-order valence-electron chi connectivity index (χ2n) is 7.00. The summed E-state index contributed by atoms with van der Waals surface area (Å²) in [5.74, 6) is 0. The largest absolute Gasteiger partial charge is 0.591 e. The predicted molar refractivity (Wildman–Crippen MR) is 82.3 cm³/mol. The molecule has 6 heteroatoms. The number of hydrogen-bond acceptors (Lipinski definition) is 4. The highest BCUT2D eigenvalue weighted by Crippen LogP contribution is 2.21. The molecule has 0 aromatic rings. The lowest BCUT2D eigenvalue weighted by atomic mass is 10.2. The maximum absolute atomic E-state index is 12.1. The third-order valence-electron chi connectivity index (χ3n) is 2.78. The summed E-state index contributed by atoms with van der Waals surface area (Å²) in [6, 6.07) is -0.115. The van der Waals surface area contributed by atoms with Crippen molar-refractivity contribution in [1.29, 1.82) is 0 Å². The van der Waals surface area contributed by atoms with E-state index in [9.17, 15) is 9.35 Å². The first kappa shape index (κ1) is 17.3. The molecule has 5 nitrogen and oxygen atoms in total. The molecular weight excluding hydrogens is 276 g/mol. The first-order valence-corrected chi connectivity index (χ1v) is 8.07. The summed E-state index contributed by atoms with van der Waals surface area (Å²) >= 11 is -1.29. The zero-order valence-electron chi connectivity index (χ0n) is 13.3. The monoisotopic (exact) mass is 302 g/mol. The van der Waals surface area contributed by atoms with Gasteiger partial charge in [0.05, 0.1) is 12.3 Å². The maximum Gasteiger partial charge on any atom is 0.410 e. The van der Waals surface area contributed by atoms with E-state index in [1.54, 1.807) is 11.1 Å². The van der Waals surface area contributed by atoms with Crippen molar-refractivity contribution in [1.82, 2.24) is 4.90 Å². The summed E-state index contributed by atoms with van der Waals surface area (Å²) in [7, 11) is 0. The van der Waals surface area contributed by atoms with E-state index in [0.29, 0.717) is 6.54 Å². The first-order chi connectivity index (χ1) is 9.00. The molecule has 2 atom stereocenters. The van der Waals surface area contributed by atoms with E-state index in [0.717, 1.165) is 12.8 Å². The van der Waals surface area contributed by atoms with Crippen molar-refractivity contribution >= 4 is 23.7 Å². The number of likely N-dealkylation sites (tertiary alicyclic amines) is 1. The van der Waals surface area contributed by atoms with Crippen LogP contribution in [-0.4, -0.2) is 44.7 Å². The van der Waals surface area contributed by atoms with Gasteiger partial charge in [-0.25, -0.2) is 4.79 Å². The fraction of sp³-hybridized carbons (Fsp3) is 0.857. The fourth-order valence-electron chi connectivity index (χ4n) is 1.78. The van der Waals surface area contributed by atoms with Crippen LogP contribution < -0.4 is 0 Å². The van der Waals surface area contributed by atoms with Gasteiger partial charge in [0.2, 0.25) is 0 Å². The Bertz CT molecular complexity index is 372. The van der Waals surface area contributed by atoms with Gasteiger partial charge in [-0.15, -0.1) is 0 Å². The number of carbonyl (C=O) groups excluding carboxylic acids is 1. The van der Waals surface area contributed by atoms with Crippen LogP contribution in [0.5, 0.6) is 0 Å². The van der Waals surface area contributed by atoms with Crippen LogP contribution in [0.2, 0.25) is 0 Å². The molecule has 1 saturated heterocycles. The Kier molecular flexibility index (Phi) is 5.49. The van der Waals surface area contributed by atoms with Gasteiger partial charge in [0.25, 0.3) is 0 Å². The Morgan fingerprint density at radius 2 is 1.95 bits per heavy atom. The number of carbonyl (C=O) groups is 1. The second kappa shape index (κ2) is 6.35. The maximum atomic E-state index is 12.1. The molecule has 0 aromatic carbocycles. The van der Waals surface area contributed by atoms with E-state index >= 15 is 0 Å². The normalized spacial score (nSPS) is 22.4. The SMILES string of the molecule is CC(C)(C)OC(=O)N1CCC[C@H]1C=N[S@@+]([O-])C(C)(C)C. The van der Waals surface area contributed by atoms with Crippen LogP contribution in [0, 0.1) is 0 Å². The Morgan fingerprint density at radius 3 is 2.45 bits per heavy atom. The number of amides is 1. The smallest absolute Gasteiger partial charge is 0.410 e. The molecule has 0 spiro atoms. The lowest BCUT2D eigenvalue weighted by Crippen LogP contribution is -2.40. The van der Waals surface area contributed by atoms with E-state index in [1.807, 2.05) is 41.5 Å². The van der Waals surface area contributed by atoms with Gasteiger partial charge in [0, 0.05) is 6.54 Å². The predicted octanol–water partition coefficient (Wildman–Crippen LogP) is 2.92. The third-order valence-corrected chi connectivity index (χ3v) is 4.14. The van der Waals surface area contributed by atoms with Crippen molar-refractivity contribution in [3.63, 3.8) is 0 Å². The molecule has 1 heterocycles. The highest BCUT2D eigenvalue weighted by molar-refractivity contribution is 7.91. The van der Waals surface area contributed by atoms with Gasteiger partial charge in [0.15, 0.2) is 0 Å². The van der Waals surface area contributed by atoms with Gasteiger partial charge >= 0.3 is 6.09 Å². The molecule has 0 aliphatic carbocycles. The van der Waals surface area contributed by atoms with Crippen LogP contribution in [0.3, 0.4) is 0 Å². The van der Waals surface area contributed by atoms with Crippen LogP contribution in [-0.2, 0) is 16.1 Å². The zero-order valence-corrected chi connectivity index (χ0v) is 14.1. The molecule has 0 bridgehead atoms.